The number of nitrogens with zero attached hydrogens (tertiary/aromatic N) is 2. The highest BCUT2D eigenvalue weighted by Gasteiger charge is 2.48. The summed E-state index contributed by atoms with van der Waals surface area (Å²) in [4.78, 5) is 1.89. The lowest BCUT2D eigenvalue weighted by Gasteiger charge is -2.51. The smallest absolute Gasteiger partial charge is 0.365 e. The van der Waals surface area contributed by atoms with Crippen LogP contribution in [0.3, 0.4) is 0 Å². The zero-order valence-electron chi connectivity index (χ0n) is 12.5. The third-order valence-electron chi connectivity index (χ3n) is 4.85. The van der Waals surface area contributed by atoms with Crippen LogP contribution in [0.1, 0.15) is 24.2 Å². The normalized spacial score (nSPS) is 23.5. The summed E-state index contributed by atoms with van der Waals surface area (Å²) < 4.78 is 40.9. The minimum atomic E-state index is -4.35. The van der Waals surface area contributed by atoms with Gasteiger partial charge in [0, 0.05) is 18.8 Å². The van der Waals surface area contributed by atoms with Gasteiger partial charge in [0.1, 0.15) is 5.69 Å². The SMILES string of the molecule is CNC(O)N1CCn2c(C(F)(F)F)ccc2C12CCNCC2. The van der Waals surface area contributed by atoms with Crippen molar-refractivity contribution in [3.63, 3.8) is 0 Å². The summed E-state index contributed by atoms with van der Waals surface area (Å²) in [6, 6.07) is 2.73. The molecule has 1 saturated heterocycles. The first kappa shape index (κ1) is 15.8. The fourth-order valence-electron chi connectivity index (χ4n) is 3.83. The van der Waals surface area contributed by atoms with Crippen molar-refractivity contribution in [2.24, 2.45) is 0 Å². The van der Waals surface area contributed by atoms with E-state index in [9.17, 15) is 18.3 Å². The van der Waals surface area contributed by atoms with Crippen molar-refractivity contribution in [3.8, 4) is 0 Å². The van der Waals surface area contributed by atoms with Crippen LogP contribution in [0.15, 0.2) is 12.1 Å². The number of hydrogen-bond donors (Lipinski definition) is 3. The lowest BCUT2D eigenvalue weighted by molar-refractivity contribution is -0.148. The summed E-state index contributed by atoms with van der Waals surface area (Å²) in [7, 11) is 1.65. The number of aromatic nitrogens is 1. The molecule has 5 nitrogen and oxygen atoms in total. The van der Waals surface area contributed by atoms with Gasteiger partial charge in [-0.2, -0.15) is 13.2 Å². The van der Waals surface area contributed by atoms with Crippen molar-refractivity contribution in [2.45, 2.75) is 37.5 Å². The zero-order valence-corrected chi connectivity index (χ0v) is 12.5. The van der Waals surface area contributed by atoms with Crippen molar-refractivity contribution < 1.29 is 18.3 Å². The fraction of sp³-hybridized carbons (Fsp3) is 0.714. The molecular formula is C14H21F3N4O. The highest BCUT2D eigenvalue weighted by molar-refractivity contribution is 5.28. The van der Waals surface area contributed by atoms with E-state index in [0.717, 1.165) is 19.2 Å². The highest BCUT2D eigenvalue weighted by atomic mass is 19.4. The fourth-order valence-corrected chi connectivity index (χ4v) is 3.83. The molecule has 3 N–H and O–H groups in total. The second-order valence-corrected chi connectivity index (χ2v) is 5.89. The maximum atomic E-state index is 13.2. The van der Waals surface area contributed by atoms with Gasteiger partial charge in [0.15, 0.2) is 6.35 Å². The second kappa shape index (κ2) is 5.52. The number of nitrogens with one attached hydrogen (secondary N) is 2. The number of halogens is 3. The number of aliphatic hydroxyl groups is 1. The van der Waals surface area contributed by atoms with Gasteiger partial charge in [0.2, 0.25) is 0 Å². The standard InChI is InChI=1S/C14H21F3N4O/c1-18-12(22)21-9-8-20-10(2-3-11(20)14(15,16)17)13(21)4-6-19-7-5-13/h2-3,12,18-19,22H,4-9H2,1H3. The Bertz CT molecular complexity index is 537. The quantitative estimate of drug-likeness (QED) is 0.709. The van der Waals surface area contributed by atoms with Gasteiger partial charge in [-0.3, -0.25) is 10.2 Å². The maximum absolute atomic E-state index is 13.2. The van der Waals surface area contributed by atoms with Gasteiger partial charge in [-0.05, 0) is 45.1 Å². The number of hydrogen-bond acceptors (Lipinski definition) is 4. The van der Waals surface area contributed by atoms with Gasteiger partial charge in [0.05, 0.1) is 5.54 Å². The predicted molar refractivity (Wildman–Crippen MR) is 75.0 cm³/mol. The summed E-state index contributed by atoms with van der Waals surface area (Å²) in [5, 5.41) is 16.3. The minimum Gasteiger partial charge on any atom is -0.365 e. The minimum absolute atomic E-state index is 0.227. The molecular weight excluding hydrogens is 297 g/mol. The van der Waals surface area contributed by atoms with Crippen molar-refractivity contribution >= 4 is 0 Å². The highest BCUT2D eigenvalue weighted by Crippen LogP contribution is 2.43. The second-order valence-electron chi connectivity index (χ2n) is 5.89. The van der Waals surface area contributed by atoms with E-state index in [1.165, 1.54) is 4.57 Å². The van der Waals surface area contributed by atoms with Crippen molar-refractivity contribution in [2.75, 3.05) is 26.7 Å². The van der Waals surface area contributed by atoms with E-state index in [1.807, 2.05) is 4.90 Å². The van der Waals surface area contributed by atoms with Gasteiger partial charge in [-0.25, -0.2) is 0 Å². The molecule has 1 unspecified atom stereocenters. The Morgan fingerprint density at radius 1 is 1.27 bits per heavy atom. The first-order valence-electron chi connectivity index (χ1n) is 7.50. The number of aliphatic hydroxyl groups excluding tert-OH is 1. The molecule has 0 aliphatic carbocycles. The van der Waals surface area contributed by atoms with Gasteiger partial charge >= 0.3 is 6.18 Å². The van der Waals surface area contributed by atoms with E-state index in [4.69, 9.17) is 0 Å². The molecule has 0 amide bonds. The van der Waals surface area contributed by atoms with Crippen LogP contribution < -0.4 is 10.6 Å². The van der Waals surface area contributed by atoms with Crippen LogP contribution in [-0.4, -0.2) is 47.6 Å². The van der Waals surface area contributed by atoms with Crippen molar-refractivity contribution in [3.05, 3.63) is 23.5 Å². The van der Waals surface area contributed by atoms with Crippen LogP contribution in [0.4, 0.5) is 13.2 Å². The Kier molecular flexibility index (Phi) is 3.96. The van der Waals surface area contributed by atoms with Gasteiger partial charge in [0.25, 0.3) is 0 Å². The average Bonchev–Trinajstić information content (AvgIpc) is 2.93. The molecule has 124 valence electrons. The van der Waals surface area contributed by atoms with E-state index in [1.54, 1.807) is 13.1 Å². The molecule has 22 heavy (non-hydrogen) atoms. The summed E-state index contributed by atoms with van der Waals surface area (Å²) in [6.07, 6.45) is -3.87. The van der Waals surface area contributed by atoms with E-state index in [-0.39, 0.29) is 6.54 Å². The maximum Gasteiger partial charge on any atom is 0.431 e. The van der Waals surface area contributed by atoms with E-state index >= 15 is 0 Å². The Labute approximate surface area is 127 Å². The monoisotopic (exact) mass is 318 g/mol. The molecule has 2 aliphatic rings. The van der Waals surface area contributed by atoms with Crippen molar-refractivity contribution in [1.82, 2.24) is 20.1 Å². The summed E-state index contributed by atoms with van der Waals surface area (Å²) in [5.74, 6) is 0. The summed E-state index contributed by atoms with van der Waals surface area (Å²) >= 11 is 0. The summed E-state index contributed by atoms with van der Waals surface area (Å²) in [5.41, 5.74) is -0.504. The number of rotatable bonds is 2. The lowest BCUT2D eigenvalue weighted by atomic mass is 9.82. The molecule has 8 heteroatoms. The molecule has 3 heterocycles. The van der Waals surface area contributed by atoms with E-state index < -0.39 is 23.8 Å². The third kappa shape index (κ3) is 2.34. The third-order valence-corrected chi connectivity index (χ3v) is 4.85. The molecule has 1 fully saturated rings. The first-order valence-corrected chi connectivity index (χ1v) is 7.50. The van der Waals surface area contributed by atoms with E-state index in [2.05, 4.69) is 10.6 Å². The average molecular weight is 318 g/mol. The first-order chi connectivity index (χ1) is 10.4. The molecule has 0 radical (unpaired) electrons. The van der Waals surface area contributed by atoms with Gasteiger partial charge in [-0.1, -0.05) is 0 Å². The van der Waals surface area contributed by atoms with Crippen LogP contribution in [0.2, 0.25) is 0 Å². The zero-order chi connectivity index (χ0) is 16.0. The molecule has 2 aliphatic heterocycles. The molecule has 0 saturated carbocycles. The van der Waals surface area contributed by atoms with Crippen molar-refractivity contribution in [1.29, 1.82) is 0 Å². The number of alkyl halides is 3. The van der Waals surface area contributed by atoms with Crippen LogP contribution in [0.5, 0.6) is 0 Å². The largest absolute Gasteiger partial charge is 0.431 e. The van der Waals surface area contributed by atoms with Crippen LogP contribution >= 0.6 is 0 Å². The lowest BCUT2D eigenvalue weighted by Crippen LogP contribution is -2.62. The Morgan fingerprint density at radius 2 is 1.95 bits per heavy atom. The molecule has 3 rings (SSSR count). The molecule has 0 bridgehead atoms. The predicted octanol–water partition coefficient (Wildman–Crippen LogP) is 0.896. The molecule has 1 aromatic rings. The molecule has 1 aromatic heterocycles. The van der Waals surface area contributed by atoms with Gasteiger partial charge < -0.3 is 15.0 Å². The van der Waals surface area contributed by atoms with E-state index in [0.29, 0.717) is 25.1 Å². The Balaban J connectivity index is 2.08. The molecule has 1 spiro atoms. The van der Waals surface area contributed by atoms with Crippen LogP contribution in [0.25, 0.3) is 0 Å². The Hall–Kier alpha value is -1.09. The van der Waals surface area contributed by atoms with Gasteiger partial charge in [-0.15, -0.1) is 0 Å². The number of piperidine rings is 1. The summed E-state index contributed by atoms with van der Waals surface area (Å²) in [6.45, 7) is 2.05. The number of fused-ring (bicyclic) bond motifs is 2. The molecule has 0 aromatic carbocycles. The van der Waals surface area contributed by atoms with Crippen LogP contribution in [-0.2, 0) is 18.3 Å². The molecule has 1 atom stereocenters. The van der Waals surface area contributed by atoms with Crippen LogP contribution in [0, 0.1) is 0 Å². The topological polar surface area (TPSA) is 52.5 Å². The Morgan fingerprint density at radius 3 is 2.55 bits per heavy atom.